The quantitative estimate of drug-likeness (QED) is 0.127. The van der Waals surface area contributed by atoms with Crippen molar-refractivity contribution < 1.29 is 6.85 Å². The minimum absolute atomic E-state index is 0.0433. The zero-order valence-corrected chi connectivity index (χ0v) is 47.5. The second kappa shape index (κ2) is 23.7. The molecule has 0 amide bonds. The molecule has 0 bridgehead atoms. The van der Waals surface area contributed by atoms with Crippen LogP contribution in [0.1, 0.15) is 6.85 Å². The molecule has 16 rings (SSSR count). The minimum Gasteiger partial charge on any atom is -0.264 e. The van der Waals surface area contributed by atoms with Crippen LogP contribution in [0.25, 0.3) is 155 Å². The van der Waals surface area contributed by atoms with Crippen molar-refractivity contribution in [2.45, 2.75) is 0 Å². The van der Waals surface area contributed by atoms with Crippen LogP contribution in [0, 0.1) is 0 Å². The van der Waals surface area contributed by atoms with Gasteiger partial charge in [0.1, 0.15) is 0 Å². The van der Waals surface area contributed by atoms with Gasteiger partial charge in [0.05, 0.1) is 29.6 Å². The number of pyridine rings is 2. The highest BCUT2D eigenvalue weighted by atomic mass is 14.9. The Kier molecular flexibility index (Phi) is 12.8. The molecule has 0 aliphatic heterocycles. The van der Waals surface area contributed by atoms with E-state index < -0.39 is 18.1 Å². The summed E-state index contributed by atoms with van der Waals surface area (Å²) in [6.07, 6.45) is 7.22. The second-order valence-corrected chi connectivity index (χ2v) is 21.5. The maximum atomic E-state index is 8.62. The van der Waals surface area contributed by atoms with Crippen LogP contribution in [-0.2, 0) is 0 Å². The summed E-state index contributed by atoms with van der Waals surface area (Å²) in [6.45, 7) is 0. The molecule has 12 aromatic carbocycles. The molecule has 0 unspecified atom stereocenters. The molecule has 0 N–H and O–H groups in total. The molecule has 88 heavy (non-hydrogen) atoms. The van der Waals surface area contributed by atoms with Crippen molar-refractivity contribution in [3.05, 3.63) is 328 Å². The summed E-state index contributed by atoms with van der Waals surface area (Å²) in [5, 5.41) is 9.48. The molecule has 16 aromatic rings. The Morgan fingerprint density at radius 2 is 0.602 bits per heavy atom. The topological polar surface area (TPSA) is 77.3 Å². The molecular weight excluding hydrogens is 1070 g/mol. The number of aromatic nitrogens is 6. The van der Waals surface area contributed by atoms with Gasteiger partial charge in [-0.05, 0) is 143 Å². The maximum absolute atomic E-state index is 8.62. The van der Waals surface area contributed by atoms with Crippen molar-refractivity contribution in [3.8, 4) is 112 Å². The normalized spacial score (nSPS) is 12.0. The number of hydrogen-bond donors (Lipinski definition) is 0. The molecule has 0 fully saturated rings. The lowest BCUT2D eigenvalue weighted by Crippen LogP contribution is -1.97. The van der Waals surface area contributed by atoms with Gasteiger partial charge < -0.3 is 0 Å². The summed E-state index contributed by atoms with van der Waals surface area (Å²) < 4.78 is 41.8. The Labute approximate surface area is 517 Å². The van der Waals surface area contributed by atoms with Crippen LogP contribution in [0.4, 0.5) is 0 Å². The van der Waals surface area contributed by atoms with E-state index in [4.69, 9.17) is 26.8 Å². The largest absolute Gasteiger partial charge is 0.264 e. The fourth-order valence-corrected chi connectivity index (χ4v) is 11.6. The lowest BCUT2D eigenvalue weighted by atomic mass is 9.96. The van der Waals surface area contributed by atoms with Crippen LogP contribution >= 0.6 is 0 Å². The molecular formula is C82H54N6. The standard InChI is InChI=1S/C45H29N3.C37H25N3/c1-2-11-31-24-34(22-21-30(31)10-1)32-13-7-15-36(25-32)43-28-44(37-16-8-14-33(26-37)38-17-9-23-46-29-38)48-45(47-43)42-27-35-12-3-4-18-39(35)40-19-5-6-20-41(40)42;1-2-10-27(11-3-1)37-39-35(24-36(40-37)33-16-7-14-30(23-33)34-17-8-20-38-25-34)32-15-6-13-29(22-32)31-19-18-26-9-4-5-12-28(26)21-31/h1-29H;1-25H/i;1D,2D,3D,10D,11D. The van der Waals surface area contributed by atoms with E-state index in [0.29, 0.717) is 17.2 Å². The summed E-state index contributed by atoms with van der Waals surface area (Å²) in [4.78, 5) is 28.8. The van der Waals surface area contributed by atoms with Crippen LogP contribution in [0.2, 0.25) is 0 Å². The van der Waals surface area contributed by atoms with Crippen LogP contribution < -0.4 is 0 Å². The van der Waals surface area contributed by atoms with E-state index in [2.05, 4.69) is 198 Å². The number of nitrogens with zero attached hydrogens (tertiary/aromatic N) is 6. The highest BCUT2D eigenvalue weighted by Gasteiger charge is 2.17. The Morgan fingerprint density at radius 1 is 0.227 bits per heavy atom. The van der Waals surface area contributed by atoms with Gasteiger partial charge in [0, 0.05) is 69.3 Å². The van der Waals surface area contributed by atoms with Crippen LogP contribution in [0.5, 0.6) is 0 Å². The molecule has 0 aliphatic rings. The number of hydrogen-bond acceptors (Lipinski definition) is 6. The highest BCUT2D eigenvalue weighted by Crippen LogP contribution is 2.39. The predicted molar refractivity (Wildman–Crippen MR) is 364 cm³/mol. The van der Waals surface area contributed by atoms with Crippen LogP contribution in [0.3, 0.4) is 0 Å². The summed E-state index contributed by atoms with van der Waals surface area (Å²) in [5.74, 6) is 0.759. The van der Waals surface area contributed by atoms with E-state index in [1.165, 1.54) is 32.5 Å². The molecule has 412 valence electrons. The monoisotopic (exact) mass is 1130 g/mol. The first-order valence-corrected chi connectivity index (χ1v) is 29.1. The number of rotatable bonds is 10. The first kappa shape index (κ1) is 47.5. The van der Waals surface area contributed by atoms with E-state index in [0.717, 1.165) is 94.3 Å². The summed E-state index contributed by atoms with van der Waals surface area (Å²) in [6, 6.07) is 92.0. The molecule has 0 saturated heterocycles. The Balaban J connectivity index is 0.000000154. The molecule has 0 radical (unpaired) electrons. The predicted octanol–water partition coefficient (Wildman–Crippen LogP) is 21.0. The van der Waals surface area contributed by atoms with E-state index in [1.807, 2.05) is 91.1 Å². The molecule has 4 aromatic heterocycles. The van der Waals surface area contributed by atoms with Gasteiger partial charge in [-0.15, -0.1) is 0 Å². The van der Waals surface area contributed by atoms with Gasteiger partial charge in [-0.1, -0.05) is 236 Å². The first-order valence-electron chi connectivity index (χ1n) is 31.6. The van der Waals surface area contributed by atoms with E-state index in [9.17, 15) is 0 Å². The first-order chi connectivity index (χ1) is 45.6. The van der Waals surface area contributed by atoms with Crippen LogP contribution in [0.15, 0.2) is 328 Å². The molecule has 0 aliphatic carbocycles. The SMILES string of the molecule is [2H]c1c([2H])c([2H])c(-c2nc(-c3cccc(-c4cccnc4)c3)cc(-c3cccc(-c4ccc5ccccc5c4)c3)n2)c([2H])c1[2H].c1cncc(-c2cccc(-c3cc(-c4cccc(-c5ccc6ccccc6c5)c4)nc(-c4cc5ccccc5c5ccccc45)n3)c2)c1. The van der Waals surface area contributed by atoms with Gasteiger partial charge in [-0.25, -0.2) is 19.9 Å². The van der Waals surface area contributed by atoms with Crippen molar-refractivity contribution in [1.82, 2.24) is 29.9 Å². The lowest BCUT2D eigenvalue weighted by molar-refractivity contribution is 1.18. The third-order valence-electron chi connectivity index (χ3n) is 16.0. The van der Waals surface area contributed by atoms with Crippen LogP contribution in [-0.4, -0.2) is 29.9 Å². The maximum Gasteiger partial charge on any atom is 0.161 e. The van der Waals surface area contributed by atoms with Gasteiger partial charge in [-0.2, -0.15) is 0 Å². The lowest BCUT2D eigenvalue weighted by Gasteiger charge is -2.14. The Hall–Kier alpha value is -11.9. The summed E-state index contributed by atoms with van der Waals surface area (Å²) in [7, 11) is 0. The molecule has 0 spiro atoms. The van der Waals surface area contributed by atoms with Gasteiger partial charge in [0.2, 0.25) is 0 Å². The van der Waals surface area contributed by atoms with E-state index in [1.54, 1.807) is 18.6 Å². The van der Waals surface area contributed by atoms with Crippen molar-refractivity contribution in [1.29, 1.82) is 0 Å². The molecule has 6 heteroatoms. The Bertz CT molecular complexity index is 5520. The number of benzene rings is 12. The van der Waals surface area contributed by atoms with Crippen molar-refractivity contribution in [3.63, 3.8) is 0 Å². The van der Waals surface area contributed by atoms with Gasteiger partial charge in [0.25, 0.3) is 0 Å². The molecule has 4 heterocycles. The summed E-state index contributed by atoms with van der Waals surface area (Å²) in [5.41, 5.74) is 15.9. The third-order valence-corrected chi connectivity index (χ3v) is 16.0. The van der Waals surface area contributed by atoms with Gasteiger partial charge in [0.15, 0.2) is 11.6 Å². The zero-order valence-electron chi connectivity index (χ0n) is 52.5. The highest BCUT2D eigenvalue weighted by molar-refractivity contribution is 6.13. The van der Waals surface area contributed by atoms with Crippen molar-refractivity contribution in [2.24, 2.45) is 0 Å². The minimum atomic E-state index is -0.461. The smallest absolute Gasteiger partial charge is 0.161 e. The van der Waals surface area contributed by atoms with Crippen molar-refractivity contribution in [2.75, 3.05) is 0 Å². The second-order valence-electron chi connectivity index (χ2n) is 21.5. The Morgan fingerprint density at radius 3 is 1.07 bits per heavy atom. The zero-order chi connectivity index (χ0) is 62.9. The fraction of sp³-hybridized carbons (Fsp3) is 0. The van der Waals surface area contributed by atoms with Gasteiger partial charge >= 0.3 is 0 Å². The average molecular weight is 1130 g/mol. The van der Waals surface area contributed by atoms with E-state index >= 15 is 0 Å². The number of fused-ring (bicyclic) bond motifs is 5. The summed E-state index contributed by atoms with van der Waals surface area (Å²) >= 11 is 0. The fourth-order valence-electron chi connectivity index (χ4n) is 11.6. The van der Waals surface area contributed by atoms with E-state index in [-0.39, 0.29) is 23.5 Å². The van der Waals surface area contributed by atoms with Crippen molar-refractivity contribution >= 4 is 43.1 Å². The third kappa shape index (κ3) is 11.0. The molecule has 0 atom stereocenters. The molecule has 0 saturated carbocycles. The van der Waals surface area contributed by atoms with Gasteiger partial charge in [-0.3, -0.25) is 9.97 Å². The average Bonchev–Trinajstić information content (AvgIpc) is 1.03. The molecule has 6 nitrogen and oxygen atoms in total.